The zero-order valence-electron chi connectivity index (χ0n) is 13.8. The van der Waals surface area contributed by atoms with Crippen molar-refractivity contribution >= 4 is 60.8 Å². The molecule has 3 aromatic carbocycles. The Morgan fingerprint density at radius 3 is 2.67 bits per heavy atom. The third kappa shape index (κ3) is 2.39. The highest BCUT2D eigenvalue weighted by molar-refractivity contribution is 7.93. The minimum atomic E-state index is -3.77. The van der Waals surface area contributed by atoms with Gasteiger partial charge in [0.15, 0.2) is 0 Å². The van der Waals surface area contributed by atoms with Gasteiger partial charge < -0.3 is 5.32 Å². The van der Waals surface area contributed by atoms with E-state index < -0.39 is 15.9 Å². The number of hydrogen-bond acceptors (Lipinski definition) is 6. The summed E-state index contributed by atoms with van der Waals surface area (Å²) in [6, 6.07) is 15.8. The number of fused-ring (bicyclic) bond motifs is 1. The zero-order chi connectivity index (χ0) is 18.6. The molecule has 1 amide bonds. The minimum absolute atomic E-state index is 0.231. The normalized spacial score (nSPS) is 14.7. The predicted molar refractivity (Wildman–Crippen MR) is 105 cm³/mol. The average molecular weight is 396 g/mol. The molecule has 0 saturated carbocycles. The summed E-state index contributed by atoms with van der Waals surface area (Å²) in [5.41, 5.74) is 2.31. The van der Waals surface area contributed by atoms with E-state index in [9.17, 15) is 13.2 Å². The number of anilines is 2. The van der Waals surface area contributed by atoms with Gasteiger partial charge in [-0.3, -0.25) is 9.10 Å². The van der Waals surface area contributed by atoms with E-state index in [-0.39, 0.29) is 11.4 Å². The Bertz CT molecular complexity index is 1330. The SMILES string of the molecule is O=C(CN1c2cccc3cccc(c23)S1(=O)=O)Nc1cccc2nsnc12. The van der Waals surface area contributed by atoms with Crippen LogP contribution in [-0.2, 0) is 14.8 Å². The van der Waals surface area contributed by atoms with Crippen LogP contribution in [0.4, 0.5) is 11.4 Å². The number of benzene rings is 3. The number of nitrogens with one attached hydrogen (secondary N) is 1. The third-order valence-electron chi connectivity index (χ3n) is 4.53. The predicted octanol–water partition coefficient (Wildman–Crippen LogP) is 2.99. The van der Waals surface area contributed by atoms with Crippen LogP contribution >= 0.6 is 11.7 Å². The highest BCUT2D eigenvalue weighted by Gasteiger charge is 2.36. The fourth-order valence-electron chi connectivity index (χ4n) is 3.36. The Morgan fingerprint density at radius 2 is 1.81 bits per heavy atom. The monoisotopic (exact) mass is 396 g/mol. The van der Waals surface area contributed by atoms with Crippen molar-refractivity contribution in [3.63, 3.8) is 0 Å². The average Bonchev–Trinajstić information content (AvgIpc) is 3.22. The first kappa shape index (κ1) is 16.2. The van der Waals surface area contributed by atoms with Crippen molar-refractivity contribution in [2.24, 2.45) is 0 Å². The number of rotatable bonds is 3. The van der Waals surface area contributed by atoms with Crippen molar-refractivity contribution in [2.45, 2.75) is 4.90 Å². The van der Waals surface area contributed by atoms with Crippen molar-refractivity contribution in [3.05, 3.63) is 54.6 Å². The molecule has 9 heteroatoms. The highest BCUT2D eigenvalue weighted by Crippen LogP contribution is 2.41. The van der Waals surface area contributed by atoms with E-state index in [4.69, 9.17) is 0 Å². The fraction of sp³-hybridized carbons (Fsp3) is 0.0556. The Morgan fingerprint density at radius 1 is 1.04 bits per heavy atom. The number of carbonyl (C=O) groups is 1. The summed E-state index contributed by atoms with van der Waals surface area (Å²) in [6.45, 7) is -0.315. The van der Waals surface area contributed by atoms with Crippen LogP contribution in [0.25, 0.3) is 21.8 Å². The van der Waals surface area contributed by atoms with Crippen molar-refractivity contribution in [1.29, 1.82) is 0 Å². The largest absolute Gasteiger partial charge is 0.323 e. The van der Waals surface area contributed by atoms with E-state index in [1.54, 1.807) is 42.5 Å². The van der Waals surface area contributed by atoms with Gasteiger partial charge in [-0.05, 0) is 29.7 Å². The first-order chi connectivity index (χ1) is 13.1. The van der Waals surface area contributed by atoms with Gasteiger partial charge in [0.25, 0.3) is 10.0 Å². The van der Waals surface area contributed by atoms with Gasteiger partial charge >= 0.3 is 0 Å². The second-order valence-electron chi connectivity index (χ2n) is 6.13. The number of sulfonamides is 1. The van der Waals surface area contributed by atoms with Crippen LogP contribution in [0.5, 0.6) is 0 Å². The first-order valence-corrected chi connectivity index (χ1v) is 10.3. The molecule has 0 fully saturated rings. The van der Waals surface area contributed by atoms with E-state index in [0.29, 0.717) is 27.8 Å². The van der Waals surface area contributed by atoms with Gasteiger partial charge in [0.05, 0.1) is 28.0 Å². The minimum Gasteiger partial charge on any atom is -0.323 e. The number of hydrogen-bond donors (Lipinski definition) is 1. The van der Waals surface area contributed by atoms with Crippen molar-refractivity contribution < 1.29 is 13.2 Å². The lowest BCUT2D eigenvalue weighted by molar-refractivity contribution is -0.114. The van der Waals surface area contributed by atoms with Gasteiger partial charge in [-0.1, -0.05) is 30.3 Å². The van der Waals surface area contributed by atoms with Crippen molar-refractivity contribution in [1.82, 2.24) is 8.75 Å². The standard InChI is InChI=1S/C18H12N4O3S2/c23-16(19-12-6-3-7-13-18(12)21-26-20-13)10-22-14-8-1-4-11-5-2-9-15(17(11)14)27(22,24)25/h1-9H,10H2,(H,19,23). The maximum atomic E-state index is 12.9. The number of amides is 1. The van der Waals surface area contributed by atoms with Gasteiger partial charge in [0, 0.05) is 5.39 Å². The first-order valence-electron chi connectivity index (χ1n) is 8.11. The van der Waals surface area contributed by atoms with E-state index in [2.05, 4.69) is 14.1 Å². The number of nitrogens with zero attached hydrogens (tertiary/aromatic N) is 3. The lowest BCUT2D eigenvalue weighted by atomic mass is 10.1. The molecule has 0 spiro atoms. The smallest absolute Gasteiger partial charge is 0.265 e. The quantitative estimate of drug-likeness (QED) is 0.575. The summed E-state index contributed by atoms with van der Waals surface area (Å²) in [5, 5.41) is 4.23. The molecule has 0 aliphatic carbocycles. The molecule has 1 aliphatic heterocycles. The van der Waals surface area contributed by atoms with Crippen LogP contribution in [0, 0.1) is 0 Å². The molecule has 5 rings (SSSR count). The Balaban J connectivity index is 1.50. The van der Waals surface area contributed by atoms with Crippen LogP contribution in [0.15, 0.2) is 59.5 Å². The van der Waals surface area contributed by atoms with E-state index >= 15 is 0 Å². The van der Waals surface area contributed by atoms with Crippen LogP contribution in [-0.4, -0.2) is 29.6 Å². The lowest BCUT2D eigenvalue weighted by Gasteiger charge is -2.18. The summed E-state index contributed by atoms with van der Waals surface area (Å²) in [5.74, 6) is -0.441. The van der Waals surface area contributed by atoms with E-state index in [1.807, 2.05) is 12.1 Å². The van der Waals surface area contributed by atoms with Crippen LogP contribution in [0.1, 0.15) is 0 Å². The van der Waals surface area contributed by atoms with E-state index in [1.165, 1.54) is 0 Å². The molecule has 134 valence electrons. The summed E-state index contributed by atoms with van der Waals surface area (Å²) in [6.07, 6.45) is 0. The van der Waals surface area contributed by atoms with Crippen LogP contribution in [0.3, 0.4) is 0 Å². The summed E-state index contributed by atoms with van der Waals surface area (Å²) < 4.78 is 35.4. The second-order valence-corrected chi connectivity index (χ2v) is 8.49. The van der Waals surface area contributed by atoms with Gasteiger partial charge in [-0.25, -0.2) is 8.42 Å². The summed E-state index contributed by atoms with van der Waals surface area (Å²) in [7, 11) is -3.77. The molecule has 0 radical (unpaired) electrons. The van der Waals surface area contributed by atoms with Gasteiger partial charge in [0.1, 0.15) is 17.6 Å². The van der Waals surface area contributed by atoms with Crippen LogP contribution < -0.4 is 9.62 Å². The van der Waals surface area contributed by atoms with Gasteiger partial charge in [0.2, 0.25) is 5.91 Å². The Labute approximate surface area is 158 Å². The molecule has 27 heavy (non-hydrogen) atoms. The Hall–Kier alpha value is -3.04. The molecule has 4 aromatic rings. The van der Waals surface area contributed by atoms with Gasteiger partial charge in [-0.2, -0.15) is 8.75 Å². The van der Waals surface area contributed by atoms with Crippen molar-refractivity contribution in [2.75, 3.05) is 16.2 Å². The lowest BCUT2D eigenvalue weighted by Crippen LogP contribution is -2.35. The third-order valence-corrected chi connectivity index (χ3v) is 6.87. The molecule has 1 aliphatic rings. The molecule has 0 unspecified atom stereocenters. The summed E-state index contributed by atoms with van der Waals surface area (Å²) in [4.78, 5) is 12.9. The van der Waals surface area contributed by atoms with Crippen LogP contribution in [0.2, 0.25) is 0 Å². The fourth-order valence-corrected chi connectivity index (χ4v) is 5.57. The summed E-state index contributed by atoms with van der Waals surface area (Å²) >= 11 is 1.06. The van der Waals surface area contributed by atoms with Gasteiger partial charge in [-0.15, -0.1) is 0 Å². The highest BCUT2D eigenvalue weighted by atomic mass is 32.2. The number of carbonyl (C=O) groups excluding carboxylic acids is 1. The molecular weight excluding hydrogens is 384 g/mol. The zero-order valence-corrected chi connectivity index (χ0v) is 15.4. The maximum absolute atomic E-state index is 12.9. The van der Waals surface area contributed by atoms with Crippen molar-refractivity contribution in [3.8, 4) is 0 Å². The molecule has 1 aromatic heterocycles. The molecule has 7 nitrogen and oxygen atoms in total. The maximum Gasteiger partial charge on any atom is 0.265 e. The topological polar surface area (TPSA) is 92.3 Å². The molecule has 1 N–H and O–H groups in total. The number of aromatic nitrogens is 2. The molecule has 0 saturated heterocycles. The van der Waals surface area contributed by atoms with E-state index in [0.717, 1.165) is 21.4 Å². The molecule has 2 heterocycles. The Kier molecular flexibility index (Phi) is 3.43. The molecular formula is C18H12N4O3S2. The second kappa shape index (κ2) is 5.73. The molecule has 0 bridgehead atoms. The molecule has 0 atom stereocenters.